The predicted octanol–water partition coefficient (Wildman–Crippen LogP) is -10.5. The molecule has 234 valence electrons. The number of carbonyl (C=O) groups is 4. The molecule has 0 fully saturated rings. The number of carboxylic acids is 4. The number of aliphatic hydroxyl groups is 4. The van der Waals surface area contributed by atoms with E-state index in [0.29, 0.717) is 11.2 Å². The van der Waals surface area contributed by atoms with Gasteiger partial charge in [0.1, 0.15) is 6.10 Å². The molecule has 2 aromatic rings. The van der Waals surface area contributed by atoms with Crippen molar-refractivity contribution in [2.24, 2.45) is 21.1 Å². The number of carboxylic acid groups (broad SMARTS) is 4. The fourth-order valence-corrected chi connectivity index (χ4v) is 2.22. The number of rotatable bonds is 7. The molecule has 0 aliphatic heterocycles. The van der Waals surface area contributed by atoms with Gasteiger partial charge in [0.05, 0.1) is 19.5 Å². The number of aromatic nitrogens is 4. The van der Waals surface area contributed by atoms with Crippen molar-refractivity contribution < 1.29 is 72.4 Å². The van der Waals surface area contributed by atoms with E-state index in [0.717, 1.165) is 11.5 Å². The zero-order chi connectivity index (χ0) is 29.7. The summed E-state index contributed by atoms with van der Waals surface area (Å²) in [6.45, 7) is 0.243. The summed E-state index contributed by atoms with van der Waals surface area (Å²) < 4.78 is 4.04. The molecule has 0 aliphatic carbocycles. The summed E-state index contributed by atoms with van der Waals surface area (Å²) in [5.41, 5.74) is -2.68. The van der Waals surface area contributed by atoms with Gasteiger partial charge in [0.25, 0.3) is 5.56 Å². The smallest absolute Gasteiger partial charge is 1.00 e. The second-order valence-electron chi connectivity index (χ2n) is 7.18. The number of nitrogens with zero attached hydrogens (tertiary/aromatic N) is 4. The summed E-state index contributed by atoms with van der Waals surface area (Å²) in [5, 5.41) is 70.1. The van der Waals surface area contributed by atoms with Crippen LogP contribution in [-0.2, 0) is 40.3 Å². The Hall–Kier alpha value is -2.66. The van der Waals surface area contributed by atoms with Crippen molar-refractivity contribution in [3.05, 3.63) is 27.2 Å². The summed E-state index contributed by atoms with van der Waals surface area (Å²) in [6.07, 6.45) is -2.03. The van der Waals surface area contributed by atoms with Gasteiger partial charge in [-0.3, -0.25) is 13.9 Å². The van der Waals surface area contributed by atoms with Gasteiger partial charge >= 0.3 is 49.4 Å². The number of quaternary nitrogens is 2. The van der Waals surface area contributed by atoms with E-state index < -0.39 is 48.4 Å². The maximum Gasteiger partial charge on any atom is 2.00 e. The van der Waals surface area contributed by atoms with E-state index in [-0.39, 0.29) is 86.9 Å². The Morgan fingerprint density at radius 3 is 1.59 bits per heavy atom. The second-order valence-corrected chi connectivity index (χ2v) is 7.18. The summed E-state index contributed by atoms with van der Waals surface area (Å²) in [5.74, 6) is -6.74. The second kappa shape index (κ2) is 24.0. The van der Waals surface area contributed by atoms with Crippen LogP contribution in [0.25, 0.3) is 11.2 Å². The monoisotopic (exact) mass is 646 g/mol. The standard InChI is InChI=1S/C8H10N4O2.C6H8O7.C3H8O3.C2H4O2.Ca.ClH.2H3N/c1-10-4-9-6-5(10)7(13)12(3)8(14)11(6)2;7-3(8)1-6(13,5(11)12)2-4(9)10;4-1-3(6)2-5;1-2(3)4;;;;/h4H,1-3H3;13H,1-2H2,(H,7,8)(H,9,10)(H,11,12);3-6H,1-2H2;1H3,(H,3,4);;1H;2*1H3/q;;;;+2;;;/p-2. The molecule has 41 heavy (non-hydrogen) atoms. The van der Waals surface area contributed by atoms with Gasteiger partial charge < -0.3 is 84.5 Å². The number of hydrogen-bond donors (Lipinski definition) is 7. The summed E-state index contributed by atoms with van der Waals surface area (Å²) in [4.78, 5) is 66.2. The molecule has 2 aromatic heterocycles. The van der Waals surface area contributed by atoms with Crippen LogP contribution in [-0.4, -0.2) is 131 Å². The Morgan fingerprint density at radius 2 is 1.32 bits per heavy atom. The molecule has 2 heterocycles. The maximum absolute atomic E-state index is 11.7. The van der Waals surface area contributed by atoms with Crippen molar-refractivity contribution in [1.29, 1.82) is 0 Å². The molecule has 0 spiro atoms. The van der Waals surface area contributed by atoms with E-state index >= 15 is 0 Å². The molecular formula is C19H35CaClN6O14. The third-order valence-corrected chi connectivity index (χ3v) is 4.01. The van der Waals surface area contributed by atoms with Crippen LogP contribution in [0, 0.1) is 0 Å². The Morgan fingerprint density at radius 1 is 0.951 bits per heavy atom. The molecule has 2 rings (SSSR count). The first kappa shape index (κ1) is 51.1. The van der Waals surface area contributed by atoms with Gasteiger partial charge in [-0.15, -0.1) is 0 Å². The third-order valence-electron chi connectivity index (χ3n) is 4.01. The first-order valence-electron chi connectivity index (χ1n) is 9.86. The fraction of sp³-hybridized carbons (Fsp3) is 0.526. The van der Waals surface area contributed by atoms with Crippen molar-refractivity contribution in [1.82, 2.24) is 31.0 Å². The number of fused-ring (bicyclic) bond motifs is 1. The molecule has 0 aromatic carbocycles. The molecule has 20 nitrogen and oxygen atoms in total. The Labute approximate surface area is 268 Å². The van der Waals surface area contributed by atoms with Crippen LogP contribution in [0.5, 0.6) is 0 Å². The zero-order valence-electron chi connectivity index (χ0n) is 23.3. The fourth-order valence-electron chi connectivity index (χ4n) is 2.22. The quantitative estimate of drug-likeness (QED) is 0.137. The van der Waals surface area contributed by atoms with Crippen molar-refractivity contribution in [2.45, 2.75) is 31.5 Å². The minimum atomic E-state index is -2.86. The molecule has 22 heteroatoms. The van der Waals surface area contributed by atoms with Crippen LogP contribution in [0.3, 0.4) is 0 Å². The van der Waals surface area contributed by atoms with Gasteiger partial charge in [-0.2, -0.15) is 0 Å². The van der Waals surface area contributed by atoms with E-state index in [2.05, 4.69) is 4.98 Å². The van der Waals surface area contributed by atoms with Gasteiger partial charge in [0.2, 0.25) is 0 Å². The number of halogens is 1. The molecule has 0 unspecified atom stereocenters. The summed E-state index contributed by atoms with van der Waals surface area (Å²) in [7, 11) is 4.77. The first-order chi connectivity index (χ1) is 16.9. The van der Waals surface area contributed by atoms with E-state index in [1.165, 1.54) is 17.9 Å². The minimum absolute atomic E-state index is 0. The van der Waals surface area contributed by atoms with Crippen LogP contribution in [0.15, 0.2) is 15.9 Å². The van der Waals surface area contributed by atoms with Crippen molar-refractivity contribution >= 4 is 72.8 Å². The SMILES string of the molecule is CC(=O)[O-].Cn1c(=O)c2c(ncn2C)n(C)c1=O.O=C([O-])CC(O)(CC(=O)[O-])C(=O)O.OCC(O)CO.[Ca+2].[Cl-].[NH4+].[NH4+]. The molecule has 0 saturated heterocycles. The van der Waals surface area contributed by atoms with Gasteiger partial charge in [0, 0.05) is 51.9 Å². The normalized spacial score (nSPS) is 9.29. The number of imidazole rings is 1. The van der Waals surface area contributed by atoms with Crippen LogP contribution in [0.4, 0.5) is 0 Å². The van der Waals surface area contributed by atoms with Crippen LogP contribution < -0.4 is 51.3 Å². The topological polar surface area (TPSA) is 373 Å². The van der Waals surface area contributed by atoms with E-state index in [4.69, 9.17) is 35.4 Å². The average Bonchev–Trinajstić information content (AvgIpc) is 3.16. The van der Waals surface area contributed by atoms with E-state index in [1.807, 2.05) is 0 Å². The number of aliphatic hydroxyl groups excluding tert-OH is 3. The molecular weight excluding hydrogens is 612 g/mol. The largest absolute Gasteiger partial charge is 2.00 e. The predicted molar refractivity (Wildman–Crippen MR) is 132 cm³/mol. The third kappa shape index (κ3) is 18.4. The van der Waals surface area contributed by atoms with Gasteiger partial charge in [-0.25, -0.2) is 14.6 Å². The van der Waals surface area contributed by atoms with E-state index in [9.17, 15) is 34.2 Å². The number of carbonyl (C=O) groups excluding carboxylic acids is 3. The maximum atomic E-state index is 11.7. The minimum Gasteiger partial charge on any atom is -1.00 e. The van der Waals surface area contributed by atoms with Gasteiger partial charge in [0.15, 0.2) is 16.8 Å². The summed E-state index contributed by atoms with van der Waals surface area (Å²) >= 11 is 0. The molecule has 0 aliphatic rings. The molecule has 0 saturated carbocycles. The first-order valence-corrected chi connectivity index (χ1v) is 9.86. The van der Waals surface area contributed by atoms with Crippen LogP contribution in [0.2, 0.25) is 0 Å². The molecule has 0 bridgehead atoms. The van der Waals surface area contributed by atoms with Crippen molar-refractivity contribution in [3.8, 4) is 0 Å². The molecule has 0 amide bonds. The van der Waals surface area contributed by atoms with Gasteiger partial charge in [-0.05, 0) is 6.92 Å². The Kier molecular flexibility index (Phi) is 29.9. The van der Waals surface area contributed by atoms with E-state index in [1.54, 1.807) is 18.7 Å². The molecule has 0 atom stereocenters. The number of aryl methyl sites for hydroxylation is 2. The van der Waals surface area contributed by atoms with Crippen molar-refractivity contribution in [3.63, 3.8) is 0 Å². The number of hydrogen-bond acceptors (Lipinski definition) is 14. The zero-order valence-corrected chi connectivity index (χ0v) is 26.2. The Balaban J connectivity index is -0.000000106. The van der Waals surface area contributed by atoms with Crippen LogP contribution in [0.1, 0.15) is 19.8 Å². The summed E-state index contributed by atoms with van der Waals surface area (Å²) in [6, 6.07) is 0. The Bertz CT molecular complexity index is 1190. The van der Waals surface area contributed by atoms with Crippen molar-refractivity contribution in [2.75, 3.05) is 13.2 Å². The van der Waals surface area contributed by atoms with Crippen LogP contribution >= 0.6 is 0 Å². The average molecular weight is 647 g/mol. The van der Waals surface area contributed by atoms with Gasteiger partial charge in [-0.1, -0.05) is 0 Å². The molecule has 13 N–H and O–H groups in total. The number of aliphatic carboxylic acids is 4. The molecule has 0 radical (unpaired) electrons.